The second-order valence-corrected chi connectivity index (χ2v) is 5.29. The monoisotopic (exact) mass is 253 g/mol. The van der Waals surface area contributed by atoms with Gasteiger partial charge in [-0.05, 0) is 39.2 Å². The molecule has 1 aliphatic heterocycles. The zero-order valence-electron chi connectivity index (χ0n) is 11.2. The predicted octanol–water partition coefficient (Wildman–Crippen LogP) is 0.254. The van der Waals surface area contributed by atoms with E-state index < -0.39 is 0 Å². The van der Waals surface area contributed by atoms with Crippen LogP contribution in [0.2, 0.25) is 0 Å². The van der Waals surface area contributed by atoms with E-state index in [1.807, 2.05) is 6.92 Å². The molecular weight excluding hydrogens is 230 g/mol. The summed E-state index contributed by atoms with van der Waals surface area (Å²) in [5, 5.41) is 6.19. The largest absolute Gasteiger partial charge is 0.352 e. The van der Waals surface area contributed by atoms with E-state index in [-0.39, 0.29) is 23.9 Å². The molecule has 2 unspecified atom stereocenters. The standard InChI is InChI=1S/C13H23N3O2/c1-3-7-14-11-6-8-16(13(11)18)9(2)12(17)15-10-4-5-10/h9-11,14H,3-8H2,1-2H3,(H,15,17). The average Bonchev–Trinajstić information content (AvgIpc) is 3.09. The highest BCUT2D eigenvalue weighted by Gasteiger charge is 2.37. The van der Waals surface area contributed by atoms with Crippen LogP contribution < -0.4 is 10.6 Å². The van der Waals surface area contributed by atoms with Crippen molar-refractivity contribution in [2.45, 2.75) is 57.7 Å². The zero-order chi connectivity index (χ0) is 13.1. The molecule has 1 saturated heterocycles. The van der Waals surface area contributed by atoms with Crippen LogP contribution in [0.3, 0.4) is 0 Å². The fourth-order valence-electron chi connectivity index (χ4n) is 2.29. The second kappa shape index (κ2) is 5.69. The third kappa shape index (κ3) is 3.02. The van der Waals surface area contributed by atoms with Crippen molar-refractivity contribution in [3.63, 3.8) is 0 Å². The summed E-state index contributed by atoms with van der Waals surface area (Å²) in [5.74, 6) is 0.0592. The van der Waals surface area contributed by atoms with E-state index in [1.54, 1.807) is 4.90 Å². The van der Waals surface area contributed by atoms with Crippen molar-refractivity contribution in [2.24, 2.45) is 0 Å². The number of hydrogen-bond donors (Lipinski definition) is 2. The summed E-state index contributed by atoms with van der Waals surface area (Å²) < 4.78 is 0. The molecule has 1 aliphatic carbocycles. The first-order valence-corrected chi connectivity index (χ1v) is 6.97. The quantitative estimate of drug-likeness (QED) is 0.713. The first kappa shape index (κ1) is 13.3. The van der Waals surface area contributed by atoms with Crippen molar-refractivity contribution >= 4 is 11.8 Å². The van der Waals surface area contributed by atoms with E-state index in [9.17, 15) is 9.59 Å². The van der Waals surface area contributed by atoms with Gasteiger partial charge in [0.1, 0.15) is 6.04 Å². The van der Waals surface area contributed by atoms with Crippen LogP contribution in [0, 0.1) is 0 Å². The highest BCUT2D eigenvalue weighted by molar-refractivity contribution is 5.91. The van der Waals surface area contributed by atoms with Crippen molar-refractivity contribution in [3.8, 4) is 0 Å². The number of rotatable bonds is 6. The van der Waals surface area contributed by atoms with E-state index in [1.165, 1.54) is 0 Å². The van der Waals surface area contributed by atoms with Gasteiger partial charge in [0.15, 0.2) is 0 Å². The van der Waals surface area contributed by atoms with Gasteiger partial charge in [-0.15, -0.1) is 0 Å². The Morgan fingerprint density at radius 2 is 2.17 bits per heavy atom. The first-order chi connectivity index (χ1) is 8.63. The summed E-state index contributed by atoms with van der Waals surface area (Å²) in [5.41, 5.74) is 0. The van der Waals surface area contributed by atoms with E-state index in [2.05, 4.69) is 17.6 Å². The smallest absolute Gasteiger partial charge is 0.242 e. The normalized spacial score (nSPS) is 25.3. The van der Waals surface area contributed by atoms with Gasteiger partial charge in [-0.1, -0.05) is 6.92 Å². The van der Waals surface area contributed by atoms with Crippen LogP contribution >= 0.6 is 0 Å². The Balaban J connectivity index is 1.84. The maximum atomic E-state index is 12.1. The number of amides is 2. The van der Waals surface area contributed by atoms with Gasteiger partial charge in [-0.25, -0.2) is 0 Å². The molecule has 1 heterocycles. The van der Waals surface area contributed by atoms with Crippen LogP contribution in [0.25, 0.3) is 0 Å². The molecule has 0 radical (unpaired) electrons. The van der Waals surface area contributed by atoms with Crippen molar-refractivity contribution < 1.29 is 9.59 Å². The first-order valence-electron chi connectivity index (χ1n) is 6.97. The minimum absolute atomic E-state index is 0.0120. The molecule has 0 aromatic carbocycles. The van der Waals surface area contributed by atoms with Gasteiger partial charge in [0.05, 0.1) is 6.04 Å². The van der Waals surface area contributed by atoms with Crippen LogP contribution in [0.5, 0.6) is 0 Å². The van der Waals surface area contributed by atoms with E-state index >= 15 is 0 Å². The third-order valence-electron chi connectivity index (χ3n) is 3.65. The van der Waals surface area contributed by atoms with Gasteiger partial charge in [-0.3, -0.25) is 9.59 Å². The minimum atomic E-state index is -0.341. The Labute approximate surface area is 108 Å². The Morgan fingerprint density at radius 3 is 2.78 bits per heavy atom. The zero-order valence-corrected chi connectivity index (χ0v) is 11.2. The topological polar surface area (TPSA) is 61.4 Å². The van der Waals surface area contributed by atoms with Gasteiger partial charge in [0.25, 0.3) is 0 Å². The number of nitrogens with one attached hydrogen (secondary N) is 2. The van der Waals surface area contributed by atoms with Crippen LogP contribution in [0.4, 0.5) is 0 Å². The molecule has 18 heavy (non-hydrogen) atoms. The van der Waals surface area contributed by atoms with Crippen LogP contribution in [-0.2, 0) is 9.59 Å². The molecule has 0 bridgehead atoms. The van der Waals surface area contributed by atoms with E-state index in [4.69, 9.17) is 0 Å². The summed E-state index contributed by atoms with van der Waals surface area (Å²) in [4.78, 5) is 25.8. The van der Waals surface area contributed by atoms with Gasteiger partial charge in [0, 0.05) is 12.6 Å². The van der Waals surface area contributed by atoms with Crippen LogP contribution in [0.1, 0.15) is 39.5 Å². The molecule has 2 fully saturated rings. The van der Waals surface area contributed by atoms with Gasteiger partial charge in [0.2, 0.25) is 11.8 Å². The highest BCUT2D eigenvalue weighted by atomic mass is 16.2. The molecule has 0 aromatic heterocycles. The van der Waals surface area contributed by atoms with Gasteiger partial charge >= 0.3 is 0 Å². The molecule has 2 atom stereocenters. The van der Waals surface area contributed by atoms with E-state index in [0.717, 1.165) is 32.2 Å². The lowest BCUT2D eigenvalue weighted by molar-refractivity contribution is -0.137. The fourth-order valence-corrected chi connectivity index (χ4v) is 2.29. The maximum absolute atomic E-state index is 12.1. The highest BCUT2D eigenvalue weighted by Crippen LogP contribution is 2.20. The average molecular weight is 253 g/mol. The lowest BCUT2D eigenvalue weighted by Crippen LogP contribution is -2.49. The molecule has 2 amide bonds. The Hall–Kier alpha value is -1.10. The minimum Gasteiger partial charge on any atom is -0.352 e. The molecule has 5 nitrogen and oxygen atoms in total. The third-order valence-corrected chi connectivity index (χ3v) is 3.65. The molecule has 2 rings (SSSR count). The summed E-state index contributed by atoms with van der Waals surface area (Å²) in [7, 11) is 0. The lowest BCUT2D eigenvalue weighted by Gasteiger charge is -2.24. The lowest BCUT2D eigenvalue weighted by atomic mass is 10.2. The molecule has 102 valence electrons. The molecule has 2 aliphatic rings. The molecule has 5 heteroatoms. The van der Waals surface area contributed by atoms with Gasteiger partial charge < -0.3 is 15.5 Å². The molecule has 0 spiro atoms. The second-order valence-electron chi connectivity index (χ2n) is 5.29. The van der Waals surface area contributed by atoms with E-state index in [0.29, 0.717) is 12.6 Å². The Bertz CT molecular complexity index is 328. The fraction of sp³-hybridized carbons (Fsp3) is 0.846. The van der Waals surface area contributed by atoms with Crippen molar-refractivity contribution in [1.29, 1.82) is 0 Å². The number of hydrogen-bond acceptors (Lipinski definition) is 3. The molecule has 0 aromatic rings. The van der Waals surface area contributed by atoms with Crippen molar-refractivity contribution in [1.82, 2.24) is 15.5 Å². The number of carbonyl (C=O) groups excluding carboxylic acids is 2. The van der Waals surface area contributed by atoms with Crippen LogP contribution in [0.15, 0.2) is 0 Å². The maximum Gasteiger partial charge on any atom is 0.242 e. The summed E-state index contributed by atoms with van der Waals surface area (Å²) in [6.07, 6.45) is 3.97. The summed E-state index contributed by atoms with van der Waals surface area (Å²) >= 11 is 0. The summed E-state index contributed by atoms with van der Waals surface area (Å²) in [6.45, 7) is 5.43. The SMILES string of the molecule is CCCNC1CCN(C(C)C(=O)NC2CC2)C1=O. The summed E-state index contributed by atoms with van der Waals surface area (Å²) in [6, 6.07) is -0.0840. The molecule has 2 N–H and O–H groups in total. The van der Waals surface area contributed by atoms with Crippen molar-refractivity contribution in [3.05, 3.63) is 0 Å². The van der Waals surface area contributed by atoms with Gasteiger partial charge in [-0.2, -0.15) is 0 Å². The van der Waals surface area contributed by atoms with Crippen LogP contribution in [-0.4, -0.2) is 47.9 Å². The number of nitrogens with zero attached hydrogens (tertiary/aromatic N) is 1. The van der Waals surface area contributed by atoms with Crippen molar-refractivity contribution in [2.75, 3.05) is 13.1 Å². The molecular formula is C13H23N3O2. The predicted molar refractivity (Wildman–Crippen MR) is 69.0 cm³/mol. The Morgan fingerprint density at radius 1 is 1.44 bits per heavy atom. The Kier molecular flexibility index (Phi) is 4.22. The number of likely N-dealkylation sites (tertiary alicyclic amines) is 1. The number of carbonyl (C=O) groups is 2. The molecule has 1 saturated carbocycles.